The zero-order valence-electron chi connectivity index (χ0n) is 20.5. The van der Waals surface area contributed by atoms with Crippen molar-refractivity contribution < 1.29 is 14.4 Å². The molecule has 0 bridgehead atoms. The van der Waals surface area contributed by atoms with Gasteiger partial charge in [-0.2, -0.15) is 0 Å². The fraction of sp³-hybridized carbons (Fsp3) is 0.138. The summed E-state index contributed by atoms with van der Waals surface area (Å²) in [6.45, 7) is 2.09. The standard InChI is InChI=1S/C29H24ClN5O3/c1-18-4-11-26(32-15-18)34-27(36)21-7-5-19(6-8-21)17-35-25(13-20-3-2-12-31-16-20)28(37)33-24-14-22(30)9-10-23(24)29(35)38/h2-12,14-16,25H,13,17H2,1H3,(H,33,37)(H,32,34,36). The first-order chi connectivity index (χ1) is 18.4. The summed E-state index contributed by atoms with van der Waals surface area (Å²) in [5.74, 6) is -0.442. The Balaban J connectivity index is 1.40. The van der Waals surface area contributed by atoms with Gasteiger partial charge in [0.2, 0.25) is 5.91 Å². The number of pyridine rings is 2. The highest BCUT2D eigenvalue weighted by Crippen LogP contribution is 2.29. The maximum Gasteiger partial charge on any atom is 0.256 e. The van der Waals surface area contributed by atoms with Crippen LogP contribution in [0.2, 0.25) is 5.02 Å². The summed E-state index contributed by atoms with van der Waals surface area (Å²) in [7, 11) is 0. The summed E-state index contributed by atoms with van der Waals surface area (Å²) < 4.78 is 0. The molecule has 0 fully saturated rings. The molecule has 1 unspecified atom stereocenters. The molecule has 8 nitrogen and oxygen atoms in total. The largest absolute Gasteiger partial charge is 0.323 e. The van der Waals surface area contributed by atoms with Gasteiger partial charge in [0.25, 0.3) is 11.8 Å². The highest BCUT2D eigenvalue weighted by molar-refractivity contribution is 6.31. The molecule has 190 valence electrons. The van der Waals surface area contributed by atoms with Crippen LogP contribution in [0.15, 0.2) is 85.3 Å². The van der Waals surface area contributed by atoms with Gasteiger partial charge >= 0.3 is 0 Å². The topological polar surface area (TPSA) is 104 Å². The van der Waals surface area contributed by atoms with E-state index in [-0.39, 0.29) is 30.7 Å². The molecule has 3 amide bonds. The number of halogens is 1. The number of nitrogens with one attached hydrogen (secondary N) is 2. The second kappa shape index (κ2) is 10.8. The van der Waals surface area contributed by atoms with Crippen molar-refractivity contribution in [1.29, 1.82) is 0 Å². The molecule has 1 aliphatic rings. The molecule has 0 saturated carbocycles. The summed E-state index contributed by atoms with van der Waals surface area (Å²) >= 11 is 6.13. The normalized spacial score (nSPS) is 14.9. The van der Waals surface area contributed by atoms with E-state index in [1.807, 2.05) is 19.1 Å². The summed E-state index contributed by atoms with van der Waals surface area (Å²) in [6.07, 6.45) is 5.31. The van der Waals surface area contributed by atoms with Crippen LogP contribution in [0.25, 0.3) is 0 Å². The lowest BCUT2D eigenvalue weighted by Gasteiger charge is -2.29. The van der Waals surface area contributed by atoms with Crippen molar-refractivity contribution in [3.05, 3.63) is 118 Å². The Morgan fingerprint density at radius 3 is 2.55 bits per heavy atom. The molecule has 3 heterocycles. The van der Waals surface area contributed by atoms with E-state index in [0.717, 1.165) is 16.7 Å². The van der Waals surface area contributed by atoms with Gasteiger partial charge in [0, 0.05) is 42.1 Å². The van der Waals surface area contributed by atoms with E-state index in [2.05, 4.69) is 20.6 Å². The number of hydrogen-bond acceptors (Lipinski definition) is 5. The number of fused-ring (bicyclic) bond motifs is 1. The Hall–Kier alpha value is -4.56. The second-order valence-electron chi connectivity index (χ2n) is 9.07. The molecule has 5 rings (SSSR count). The first-order valence-electron chi connectivity index (χ1n) is 12.0. The molecule has 2 aromatic heterocycles. The number of hydrogen-bond donors (Lipinski definition) is 2. The average molecular weight is 526 g/mol. The third-order valence-electron chi connectivity index (χ3n) is 6.28. The minimum absolute atomic E-state index is 0.167. The van der Waals surface area contributed by atoms with Gasteiger partial charge in [-0.25, -0.2) is 4.98 Å². The number of aromatic nitrogens is 2. The van der Waals surface area contributed by atoms with Crippen molar-refractivity contribution in [3.8, 4) is 0 Å². The van der Waals surface area contributed by atoms with Gasteiger partial charge in [0.15, 0.2) is 0 Å². The van der Waals surface area contributed by atoms with Crippen LogP contribution in [0.5, 0.6) is 0 Å². The lowest BCUT2D eigenvalue weighted by molar-refractivity contribution is -0.120. The van der Waals surface area contributed by atoms with Gasteiger partial charge in [0.1, 0.15) is 11.9 Å². The molecule has 2 N–H and O–H groups in total. The third-order valence-corrected chi connectivity index (χ3v) is 6.52. The monoisotopic (exact) mass is 525 g/mol. The maximum absolute atomic E-state index is 13.7. The Bertz CT molecular complexity index is 1490. The third kappa shape index (κ3) is 5.55. The van der Waals surface area contributed by atoms with Crippen molar-refractivity contribution in [2.45, 2.75) is 25.9 Å². The van der Waals surface area contributed by atoms with Crippen LogP contribution in [-0.4, -0.2) is 38.6 Å². The summed E-state index contributed by atoms with van der Waals surface area (Å²) in [4.78, 5) is 49.6. The van der Waals surface area contributed by atoms with Gasteiger partial charge in [-0.3, -0.25) is 19.4 Å². The zero-order chi connectivity index (χ0) is 26.6. The van der Waals surface area contributed by atoms with Crippen LogP contribution in [0.3, 0.4) is 0 Å². The molecule has 0 radical (unpaired) electrons. The lowest BCUT2D eigenvalue weighted by atomic mass is 10.0. The van der Waals surface area contributed by atoms with Crippen LogP contribution in [0.4, 0.5) is 11.5 Å². The number of nitrogens with zero attached hydrogens (tertiary/aromatic N) is 3. The zero-order valence-corrected chi connectivity index (χ0v) is 21.3. The molecule has 38 heavy (non-hydrogen) atoms. The van der Waals surface area contributed by atoms with E-state index in [4.69, 9.17) is 11.6 Å². The molecule has 9 heteroatoms. The summed E-state index contributed by atoms with van der Waals surface area (Å²) in [6, 6.07) is 18.2. The number of carbonyl (C=O) groups excluding carboxylic acids is 3. The van der Waals surface area contributed by atoms with Crippen molar-refractivity contribution >= 4 is 40.8 Å². The van der Waals surface area contributed by atoms with Crippen LogP contribution in [-0.2, 0) is 17.8 Å². The van der Waals surface area contributed by atoms with Crippen LogP contribution < -0.4 is 10.6 Å². The fourth-order valence-electron chi connectivity index (χ4n) is 4.28. The fourth-order valence-corrected chi connectivity index (χ4v) is 4.45. The Labute approximate surface area is 224 Å². The average Bonchev–Trinajstić information content (AvgIpc) is 3.00. The van der Waals surface area contributed by atoms with E-state index in [1.165, 1.54) is 0 Å². The van der Waals surface area contributed by atoms with Crippen LogP contribution >= 0.6 is 11.6 Å². The number of amides is 3. The molecule has 2 aromatic carbocycles. The smallest absolute Gasteiger partial charge is 0.256 e. The molecule has 1 atom stereocenters. The number of benzene rings is 2. The van der Waals surface area contributed by atoms with Crippen LogP contribution in [0, 0.1) is 6.92 Å². The minimum atomic E-state index is -0.784. The number of rotatable bonds is 6. The Morgan fingerprint density at radius 1 is 1.03 bits per heavy atom. The van der Waals surface area contributed by atoms with E-state index >= 15 is 0 Å². The summed E-state index contributed by atoms with van der Waals surface area (Å²) in [5.41, 5.74) is 3.77. The van der Waals surface area contributed by atoms with Crippen molar-refractivity contribution in [2.75, 3.05) is 10.6 Å². The van der Waals surface area contributed by atoms with Gasteiger partial charge in [0.05, 0.1) is 11.3 Å². The number of aryl methyl sites for hydroxylation is 1. The highest BCUT2D eigenvalue weighted by Gasteiger charge is 2.35. The Morgan fingerprint density at radius 2 is 1.84 bits per heavy atom. The molecule has 0 saturated heterocycles. The lowest BCUT2D eigenvalue weighted by Crippen LogP contribution is -2.46. The minimum Gasteiger partial charge on any atom is -0.323 e. The molecule has 0 spiro atoms. The van der Waals surface area contributed by atoms with Gasteiger partial charge in [-0.1, -0.05) is 35.9 Å². The van der Waals surface area contributed by atoms with E-state index in [9.17, 15) is 14.4 Å². The van der Waals surface area contributed by atoms with Gasteiger partial charge in [-0.05, 0) is 66.1 Å². The van der Waals surface area contributed by atoms with Crippen LogP contribution in [0.1, 0.15) is 37.4 Å². The van der Waals surface area contributed by atoms with Gasteiger partial charge in [-0.15, -0.1) is 0 Å². The molecule has 0 aliphatic carbocycles. The number of carbonyl (C=O) groups is 3. The number of anilines is 2. The van der Waals surface area contributed by atoms with Crippen molar-refractivity contribution in [2.24, 2.45) is 0 Å². The summed E-state index contributed by atoms with van der Waals surface area (Å²) in [5, 5.41) is 6.06. The highest BCUT2D eigenvalue weighted by atomic mass is 35.5. The molecule has 1 aliphatic heterocycles. The predicted octanol–water partition coefficient (Wildman–Crippen LogP) is 4.90. The first-order valence-corrected chi connectivity index (χ1v) is 12.4. The second-order valence-corrected chi connectivity index (χ2v) is 9.50. The van der Waals surface area contributed by atoms with Gasteiger partial charge < -0.3 is 15.5 Å². The molecule has 4 aromatic rings. The SMILES string of the molecule is Cc1ccc(NC(=O)c2ccc(CN3C(=O)c4ccc(Cl)cc4NC(=O)C3Cc3cccnc3)cc2)nc1. The Kier molecular flexibility index (Phi) is 7.15. The quantitative estimate of drug-likeness (QED) is 0.373. The first kappa shape index (κ1) is 25.1. The van der Waals surface area contributed by atoms with Crippen molar-refractivity contribution in [1.82, 2.24) is 14.9 Å². The van der Waals surface area contributed by atoms with E-state index < -0.39 is 6.04 Å². The van der Waals surface area contributed by atoms with E-state index in [0.29, 0.717) is 27.7 Å². The predicted molar refractivity (Wildman–Crippen MR) is 145 cm³/mol. The maximum atomic E-state index is 13.7. The molecular formula is C29H24ClN5O3. The van der Waals surface area contributed by atoms with E-state index in [1.54, 1.807) is 78.1 Å². The van der Waals surface area contributed by atoms with Crippen molar-refractivity contribution in [3.63, 3.8) is 0 Å². The molecular weight excluding hydrogens is 502 g/mol.